The van der Waals surface area contributed by atoms with Gasteiger partial charge in [0, 0.05) is 22.3 Å². The van der Waals surface area contributed by atoms with E-state index >= 15 is 0 Å². The van der Waals surface area contributed by atoms with Crippen LogP contribution in [0.3, 0.4) is 0 Å². The lowest BCUT2D eigenvalue weighted by atomic mass is 9.91. The third-order valence-corrected chi connectivity index (χ3v) is 10.6. The van der Waals surface area contributed by atoms with E-state index in [-0.39, 0.29) is 0 Å². The summed E-state index contributed by atoms with van der Waals surface area (Å²) in [5, 5.41) is 4.73. The number of fused-ring (bicyclic) bond motifs is 2. The summed E-state index contributed by atoms with van der Waals surface area (Å²) >= 11 is 0. The molecule has 0 amide bonds. The maximum Gasteiger partial charge on any atom is 0.164 e. The van der Waals surface area contributed by atoms with Crippen molar-refractivity contribution in [1.29, 1.82) is 0 Å². The first-order valence-electron chi connectivity index (χ1n) is 18.9. The molecule has 0 radical (unpaired) electrons. The highest BCUT2D eigenvalue weighted by Gasteiger charge is 2.20. The molecule has 1 heterocycles. The molecule has 0 saturated heterocycles. The molecule has 262 valence electrons. The van der Waals surface area contributed by atoms with E-state index in [0.29, 0.717) is 17.5 Å². The molecule has 10 rings (SSSR count). The van der Waals surface area contributed by atoms with Crippen LogP contribution in [0, 0.1) is 0 Å². The van der Waals surface area contributed by atoms with Crippen LogP contribution in [-0.2, 0) is 0 Å². The van der Waals surface area contributed by atoms with Gasteiger partial charge in [-0.1, -0.05) is 200 Å². The SMILES string of the molecule is c1ccc(-c2ccccc2-c2nc(-c3cccc(-c4ccc(-c5ccccc5)c5ccccc45)c3)nc(-c3ccc4ccccc4c3-c3ccccc3)n2)cc1. The molecular formula is C53H35N3. The summed E-state index contributed by atoms with van der Waals surface area (Å²) in [7, 11) is 0. The van der Waals surface area contributed by atoms with E-state index in [2.05, 4.69) is 206 Å². The molecule has 0 fully saturated rings. The Morgan fingerprint density at radius 3 is 1.36 bits per heavy atom. The number of rotatable bonds is 7. The standard InChI is InChI=1S/C53H35N3/c1-4-17-36(18-5-1)42-26-12-15-30-48(42)52-54-51(55-53(56-52)49-32-31-38-21-10-11-27-45(38)50(49)39-22-8-3-9-23-39)41-25-16-24-40(35-41)44-34-33-43(37-19-6-2-7-20-37)46-28-13-14-29-47(44)46/h1-35H. The summed E-state index contributed by atoms with van der Waals surface area (Å²) in [6.45, 7) is 0. The lowest BCUT2D eigenvalue weighted by molar-refractivity contribution is 1.08. The predicted octanol–water partition coefficient (Wildman–Crippen LogP) is 13.8. The molecule has 0 aliphatic rings. The van der Waals surface area contributed by atoms with Gasteiger partial charge < -0.3 is 0 Å². The van der Waals surface area contributed by atoms with Crippen molar-refractivity contribution in [3.05, 3.63) is 212 Å². The zero-order chi connectivity index (χ0) is 37.3. The fraction of sp³-hybridized carbons (Fsp3) is 0. The van der Waals surface area contributed by atoms with Gasteiger partial charge in [-0.3, -0.25) is 0 Å². The summed E-state index contributed by atoms with van der Waals surface area (Å²) in [4.78, 5) is 15.9. The number of nitrogens with zero attached hydrogens (tertiary/aromatic N) is 3. The van der Waals surface area contributed by atoms with Crippen molar-refractivity contribution in [3.8, 4) is 78.7 Å². The number of benzene rings is 9. The topological polar surface area (TPSA) is 38.7 Å². The minimum Gasteiger partial charge on any atom is -0.208 e. The highest BCUT2D eigenvalue weighted by atomic mass is 15.0. The second kappa shape index (κ2) is 14.4. The van der Waals surface area contributed by atoms with Crippen LogP contribution in [0.2, 0.25) is 0 Å². The Morgan fingerprint density at radius 1 is 0.232 bits per heavy atom. The summed E-state index contributed by atoms with van der Waals surface area (Å²) < 4.78 is 0. The van der Waals surface area contributed by atoms with Crippen LogP contribution >= 0.6 is 0 Å². The van der Waals surface area contributed by atoms with Crippen LogP contribution in [0.1, 0.15) is 0 Å². The maximum atomic E-state index is 5.32. The largest absolute Gasteiger partial charge is 0.208 e. The zero-order valence-electron chi connectivity index (χ0n) is 30.5. The second-order valence-corrected chi connectivity index (χ2v) is 13.9. The van der Waals surface area contributed by atoms with Crippen LogP contribution in [0.5, 0.6) is 0 Å². The van der Waals surface area contributed by atoms with Crippen molar-refractivity contribution in [2.45, 2.75) is 0 Å². The van der Waals surface area contributed by atoms with E-state index in [1.54, 1.807) is 0 Å². The van der Waals surface area contributed by atoms with Gasteiger partial charge in [-0.2, -0.15) is 0 Å². The van der Waals surface area contributed by atoms with Gasteiger partial charge in [0.05, 0.1) is 0 Å². The third kappa shape index (κ3) is 6.12. The molecule has 3 nitrogen and oxygen atoms in total. The van der Waals surface area contributed by atoms with Crippen molar-refractivity contribution in [3.63, 3.8) is 0 Å². The van der Waals surface area contributed by atoms with Gasteiger partial charge in [0.25, 0.3) is 0 Å². The van der Waals surface area contributed by atoms with Crippen molar-refractivity contribution in [2.24, 2.45) is 0 Å². The van der Waals surface area contributed by atoms with Crippen molar-refractivity contribution in [2.75, 3.05) is 0 Å². The molecular weight excluding hydrogens is 679 g/mol. The first-order chi connectivity index (χ1) is 27.8. The van der Waals surface area contributed by atoms with Crippen molar-refractivity contribution < 1.29 is 0 Å². The van der Waals surface area contributed by atoms with Gasteiger partial charge in [-0.25, -0.2) is 15.0 Å². The first kappa shape index (κ1) is 33.1. The molecule has 1 aromatic heterocycles. The van der Waals surface area contributed by atoms with Gasteiger partial charge in [-0.15, -0.1) is 0 Å². The Bertz CT molecular complexity index is 3010. The Balaban J connectivity index is 1.19. The molecule has 0 saturated carbocycles. The summed E-state index contributed by atoms with van der Waals surface area (Å²) in [5.74, 6) is 1.87. The van der Waals surface area contributed by atoms with Crippen molar-refractivity contribution >= 4 is 21.5 Å². The van der Waals surface area contributed by atoms with Crippen LogP contribution in [-0.4, -0.2) is 15.0 Å². The van der Waals surface area contributed by atoms with Crippen LogP contribution in [0.4, 0.5) is 0 Å². The quantitative estimate of drug-likeness (QED) is 0.165. The molecule has 0 bridgehead atoms. The Hall–Kier alpha value is -7.49. The molecule has 9 aromatic carbocycles. The Kier molecular flexibility index (Phi) is 8.51. The van der Waals surface area contributed by atoms with E-state index in [1.165, 1.54) is 21.9 Å². The number of hydrogen-bond acceptors (Lipinski definition) is 3. The number of hydrogen-bond donors (Lipinski definition) is 0. The van der Waals surface area contributed by atoms with E-state index < -0.39 is 0 Å². The molecule has 56 heavy (non-hydrogen) atoms. The van der Waals surface area contributed by atoms with E-state index in [1.807, 2.05) is 6.07 Å². The molecule has 0 N–H and O–H groups in total. The molecule has 3 heteroatoms. The molecule has 0 atom stereocenters. The summed E-state index contributed by atoms with van der Waals surface area (Å²) in [5.41, 5.74) is 11.9. The second-order valence-electron chi connectivity index (χ2n) is 13.9. The average Bonchev–Trinajstić information content (AvgIpc) is 3.29. The Labute approximate surface area is 326 Å². The lowest BCUT2D eigenvalue weighted by Crippen LogP contribution is -2.02. The normalized spacial score (nSPS) is 11.2. The minimum absolute atomic E-state index is 0.618. The van der Waals surface area contributed by atoms with Gasteiger partial charge in [-0.05, 0) is 72.6 Å². The zero-order valence-corrected chi connectivity index (χ0v) is 30.5. The van der Waals surface area contributed by atoms with Crippen LogP contribution in [0.15, 0.2) is 212 Å². The fourth-order valence-electron chi connectivity index (χ4n) is 7.91. The summed E-state index contributed by atoms with van der Waals surface area (Å²) in [6.07, 6.45) is 0. The highest BCUT2D eigenvalue weighted by Crippen LogP contribution is 2.40. The van der Waals surface area contributed by atoms with Gasteiger partial charge in [0.15, 0.2) is 17.5 Å². The molecule has 0 aliphatic heterocycles. The van der Waals surface area contributed by atoms with E-state index in [0.717, 1.165) is 60.8 Å². The molecule has 0 aliphatic carbocycles. The monoisotopic (exact) mass is 713 g/mol. The Morgan fingerprint density at radius 2 is 0.679 bits per heavy atom. The van der Waals surface area contributed by atoms with Gasteiger partial charge in [0.1, 0.15) is 0 Å². The van der Waals surface area contributed by atoms with E-state index in [9.17, 15) is 0 Å². The van der Waals surface area contributed by atoms with E-state index in [4.69, 9.17) is 15.0 Å². The highest BCUT2D eigenvalue weighted by molar-refractivity contribution is 6.06. The molecule has 0 unspecified atom stereocenters. The molecule has 10 aromatic rings. The first-order valence-corrected chi connectivity index (χ1v) is 18.9. The van der Waals surface area contributed by atoms with Gasteiger partial charge in [0.2, 0.25) is 0 Å². The van der Waals surface area contributed by atoms with Crippen LogP contribution < -0.4 is 0 Å². The van der Waals surface area contributed by atoms with Crippen molar-refractivity contribution in [1.82, 2.24) is 15.0 Å². The average molecular weight is 714 g/mol. The lowest BCUT2D eigenvalue weighted by Gasteiger charge is -2.16. The number of aromatic nitrogens is 3. The summed E-state index contributed by atoms with van der Waals surface area (Å²) in [6, 6.07) is 74.6. The molecule has 0 spiro atoms. The fourth-order valence-corrected chi connectivity index (χ4v) is 7.91. The van der Waals surface area contributed by atoms with Crippen LogP contribution in [0.25, 0.3) is 100 Å². The van der Waals surface area contributed by atoms with Gasteiger partial charge >= 0.3 is 0 Å². The predicted molar refractivity (Wildman–Crippen MR) is 233 cm³/mol. The minimum atomic E-state index is 0.618. The smallest absolute Gasteiger partial charge is 0.164 e. The maximum absolute atomic E-state index is 5.32. The third-order valence-electron chi connectivity index (χ3n) is 10.6.